The number of anilines is 1. The van der Waals surface area contributed by atoms with Crippen LogP contribution in [0.4, 0.5) is 5.69 Å². The Morgan fingerprint density at radius 2 is 1.95 bits per heavy atom. The zero-order valence-electron chi connectivity index (χ0n) is 13.1. The number of benzene rings is 1. The van der Waals surface area contributed by atoms with Gasteiger partial charge < -0.3 is 15.0 Å². The molecule has 1 fully saturated rings. The molecule has 0 atom stereocenters. The minimum atomic E-state index is 0.697. The molecule has 1 aliphatic rings. The number of nitrogens with zero attached hydrogens (tertiary/aromatic N) is 1. The highest BCUT2D eigenvalue weighted by Gasteiger charge is 2.17. The summed E-state index contributed by atoms with van der Waals surface area (Å²) in [6.45, 7) is 4.03. The molecule has 1 N–H and O–H groups in total. The third-order valence-corrected chi connectivity index (χ3v) is 4.15. The highest BCUT2D eigenvalue weighted by molar-refractivity contribution is 5.49. The topological polar surface area (TPSA) is 24.5 Å². The molecule has 0 heterocycles. The summed E-state index contributed by atoms with van der Waals surface area (Å²) in [4.78, 5) is 2.09. The minimum absolute atomic E-state index is 0.697. The summed E-state index contributed by atoms with van der Waals surface area (Å²) in [6.07, 6.45) is 5.36. The van der Waals surface area contributed by atoms with Crippen LogP contribution in [0.3, 0.4) is 0 Å². The van der Waals surface area contributed by atoms with E-state index < -0.39 is 0 Å². The fourth-order valence-corrected chi connectivity index (χ4v) is 2.75. The largest absolute Gasteiger partial charge is 0.492 e. The Balaban J connectivity index is 1.67. The fourth-order valence-electron chi connectivity index (χ4n) is 2.75. The molecular weight excluding hydrogens is 248 g/mol. The van der Waals surface area contributed by atoms with E-state index in [1.165, 1.54) is 31.4 Å². The lowest BCUT2D eigenvalue weighted by molar-refractivity contribution is 0.270. The first-order chi connectivity index (χ1) is 9.65. The van der Waals surface area contributed by atoms with Gasteiger partial charge in [0, 0.05) is 38.4 Å². The van der Waals surface area contributed by atoms with Gasteiger partial charge in [-0.1, -0.05) is 13.0 Å². The lowest BCUT2D eigenvalue weighted by Crippen LogP contribution is -2.35. The average molecular weight is 276 g/mol. The number of rotatable bonds is 6. The summed E-state index contributed by atoms with van der Waals surface area (Å²) in [5.74, 6) is 1.87. The normalized spacial score (nSPS) is 22.6. The maximum Gasteiger partial charge on any atom is 0.121 e. The van der Waals surface area contributed by atoms with Crippen LogP contribution in [-0.2, 0) is 0 Å². The summed E-state index contributed by atoms with van der Waals surface area (Å²) >= 11 is 0. The highest BCUT2D eigenvalue weighted by Crippen LogP contribution is 2.23. The Hall–Kier alpha value is -1.22. The van der Waals surface area contributed by atoms with Gasteiger partial charge in [-0.25, -0.2) is 0 Å². The molecule has 0 radical (unpaired) electrons. The first-order valence-corrected chi connectivity index (χ1v) is 7.78. The van der Waals surface area contributed by atoms with Crippen LogP contribution < -0.4 is 15.0 Å². The number of hydrogen-bond donors (Lipinski definition) is 1. The first-order valence-electron chi connectivity index (χ1n) is 7.78. The van der Waals surface area contributed by atoms with E-state index in [0.717, 1.165) is 24.8 Å². The third-order valence-electron chi connectivity index (χ3n) is 4.15. The van der Waals surface area contributed by atoms with Gasteiger partial charge in [-0.15, -0.1) is 0 Å². The molecule has 0 bridgehead atoms. The van der Waals surface area contributed by atoms with Crippen LogP contribution in [-0.4, -0.2) is 33.3 Å². The van der Waals surface area contributed by atoms with Gasteiger partial charge in [-0.05, 0) is 43.7 Å². The second-order valence-electron chi connectivity index (χ2n) is 6.15. The molecule has 20 heavy (non-hydrogen) atoms. The van der Waals surface area contributed by atoms with Crippen molar-refractivity contribution >= 4 is 5.69 Å². The van der Waals surface area contributed by atoms with Crippen LogP contribution in [0.2, 0.25) is 0 Å². The molecule has 0 spiro atoms. The lowest BCUT2D eigenvalue weighted by atomic mass is 9.87. The van der Waals surface area contributed by atoms with E-state index in [1.54, 1.807) is 0 Å². The van der Waals surface area contributed by atoms with Gasteiger partial charge >= 0.3 is 0 Å². The van der Waals surface area contributed by atoms with Gasteiger partial charge in [0.1, 0.15) is 12.4 Å². The Morgan fingerprint density at radius 3 is 2.65 bits per heavy atom. The molecule has 1 aromatic rings. The molecule has 0 saturated heterocycles. The average Bonchev–Trinajstić information content (AvgIpc) is 2.46. The van der Waals surface area contributed by atoms with E-state index >= 15 is 0 Å². The second-order valence-corrected chi connectivity index (χ2v) is 6.15. The molecule has 0 unspecified atom stereocenters. The molecule has 112 valence electrons. The number of hydrogen-bond acceptors (Lipinski definition) is 3. The molecule has 1 aromatic carbocycles. The molecule has 0 amide bonds. The minimum Gasteiger partial charge on any atom is -0.492 e. The van der Waals surface area contributed by atoms with E-state index in [-0.39, 0.29) is 0 Å². The third kappa shape index (κ3) is 4.71. The van der Waals surface area contributed by atoms with Crippen molar-refractivity contribution in [2.75, 3.05) is 32.1 Å². The summed E-state index contributed by atoms with van der Waals surface area (Å²) < 4.78 is 5.82. The van der Waals surface area contributed by atoms with Crippen LogP contribution >= 0.6 is 0 Å². The highest BCUT2D eigenvalue weighted by atomic mass is 16.5. The summed E-state index contributed by atoms with van der Waals surface area (Å²) in [7, 11) is 4.09. The van der Waals surface area contributed by atoms with Crippen molar-refractivity contribution in [3.63, 3.8) is 0 Å². The van der Waals surface area contributed by atoms with E-state index in [1.807, 2.05) is 26.2 Å². The quantitative estimate of drug-likeness (QED) is 0.807. The standard InChI is InChI=1S/C17H28N2O/c1-14-7-9-15(10-8-14)18-11-12-20-17-6-4-5-16(13-17)19(2)3/h4-6,13-15,18H,7-12H2,1-3H3. The Kier molecular flexibility index (Phi) is 5.72. The van der Waals surface area contributed by atoms with Crippen LogP contribution in [0.15, 0.2) is 24.3 Å². The second kappa shape index (κ2) is 7.53. The van der Waals surface area contributed by atoms with Gasteiger partial charge in [-0.3, -0.25) is 0 Å². The van der Waals surface area contributed by atoms with Crippen molar-refractivity contribution < 1.29 is 4.74 Å². The number of ether oxygens (including phenoxy) is 1. The molecule has 1 aliphatic carbocycles. The monoisotopic (exact) mass is 276 g/mol. The summed E-state index contributed by atoms with van der Waals surface area (Å²) in [5.41, 5.74) is 1.18. The zero-order valence-corrected chi connectivity index (χ0v) is 13.1. The van der Waals surface area contributed by atoms with Gasteiger partial charge in [0.15, 0.2) is 0 Å². The Bertz CT molecular complexity index is 398. The lowest BCUT2D eigenvalue weighted by Gasteiger charge is -2.27. The van der Waals surface area contributed by atoms with Gasteiger partial charge in [0.2, 0.25) is 0 Å². The van der Waals surface area contributed by atoms with E-state index in [2.05, 4.69) is 29.3 Å². The van der Waals surface area contributed by atoms with E-state index in [9.17, 15) is 0 Å². The van der Waals surface area contributed by atoms with Crippen LogP contribution in [0.25, 0.3) is 0 Å². The van der Waals surface area contributed by atoms with Gasteiger partial charge in [0.05, 0.1) is 0 Å². The predicted molar refractivity (Wildman–Crippen MR) is 85.7 cm³/mol. The fraction of sp³-hybridized carbons (Fsp3) is 0.647. The molecule has 0 aliphatic heterocycles. The first kappa shape index (κ1) is 15.2. The van der Waals surface area contributed by atoms with Crippen molar-refractivity contribution in [1.82, 2.24) is 5.32 Å². The van der Waals surface area contributed by atoms with Crippen LogP contribution in [0.1, 0.15) is 32.6 Å². The van der Waals surface area contributed by atoms with Crippen molar-refractivity contribution in [3.05, 3.63) is 24.3 Å². The van der Waals surface area contributed by atoms with E-state index in [0.29, 0.717) is 6.04 Å². The van der Waals surface area contributed by atoms with Gasteiger partial charge in [0.25, 0.3) is 0 Å². The molecule has 3 nitrogen and oxygen atoms in total. The Labute approximate surface area is 123 Å². The molecular formula is C17H28N2O. The van der Waals surface area contributed by atoms with Crippen LogP contribution in [0, 0.1) is 5.92 Å². The van der Waals surface area contributed by atoms with Crippen LogP contribution in [0.5, 0.6) is 5.75 Å². The number of nitrogens with one attached hydrogen (secondary N) is 1. The van der Waals surface area contributed by atoms with Crippen molar-refractivity contribution in [1.29, 1.82) is 0 Å². The smallest absolute Gasteiger partial charge is 0.121 e. The molecule has 3 heteroatoms. The molecule has 1 saturated carbocycles. The van der Waals surface area contributed by atoms with Gasteiger partial charge in [-0.2, -0.15) is 0 Å². The van der Waals surface area contributed by atoms with Crippen molar-refractivity contribution in [3.8, 4) is 5.75 Å². The SMILES string of the molecule is CC1CCC(NCCOc2cccc(N(C)C)c2)CC1. The van der Waals surface area contributed by atoms with Crippen molar-refractivity contribution in [2.45, 2.75) is 38.6 Å². The summed E-state index contributed by atoms with van der Waals surface area (Å²) in [5, 5.41) is 3.61. The maximum atomic E-state index is 5.82. The maximum absolute atomic E-state index is 5.82. The zero-order chi connectivity index (χ0) is 14.4. The summed E-state index contributed by atoms with van der Waals surface area (Å²) in [6, 6.07) is 8.94. The predicted octanol–water partition coefficient (Wildman–Crippen LogP) is 3.30. The molecule has 0 aromatic heterocycles. The van der Waals surface area contributed by atoms with Crippen molar-refractivity contribution in [2.24, 2.45) is 5.92 Å². The Morgan fingerprint density at radius 1 is 1.20 bits per heavy atom. The molecule has 2 rings (SSSR count). The van der Waals surface area contributed by atoms with E-state index in [4.69, 9.17) is 4.74 Å².